The van der Waals surface area contributed by atoms with Crippen LogP contribution < -0.4 is 24.3 Å². The third kappa shape index (κ3) is 8.02. The van der Waals surface area contributed by atoms with Crippen LogP contribution >= 0.6 is 11.6 Å². The molecular weight excluding hydrogens is 660 g/mol. The van der Waals surface area contributed by atoms with Crippen molar-refractivity contribution >= 4 is 34.1 Å². The maximum atomic E-state index is 15.4. The summed E-state index contributed by atoms with van der Waals surface area (Å²) >= 11 is 6.19. The number of benzene rings is 3. The molecule has 1 amide bonds. The third-order valence-corrected chi connectivity index (χ3v) is 8.03. The average molecular weight is 694 g/mol. The van der Waals surface area contributed by atoms with Gasteiger partial charge in [0.1, 0.15) is 11.6 Å². The number of pyridine rings is 1. The van der Waals surface area contributed by atoms with E-state index < -0.39 is 17.5 Å². The van der Waals surface area contributed by atoms with Crippen molar-refractivity contribution in [2.75, 3.05) is 58.5 Å². The van der Waals surface area contributed by atoms with E-state index in [4.69, 9.17) is 35.3 Å². The average Bonchev–Trinajstić information content (AvgIpc) is 3.52. The second-order valence-electron chi connectivity index (χ2n) is 11.0. The number of rotatable bonds is 13. The molecule has 0 bridgehead atoms. The Bertz CT molecular complexity index is 1950. The van der Waals surface area contributed by atoms with Crippen molar-refractivity contribution in [2.45, 2.75) is 13.3 Å². The summed E-state index contributed by atoms with van der Waals surface area (Å²) < 4.78 is 58.9. The summed E-state index contributed by atoms with van der Waals surface area (Å²) in [5.74, 6) is -0.398. The van der Waals surface area contributed by atoms with Gasteiger partial charge in [-0.05, 0) is 55.8 Å². The summed E-state index contributed by atoms with van der Waals surface area (Å²) in [5.41, 5.74) is 1.02. The summed E-state index contributed by atoms with van der Waals surface area (Å²) in [4.78, 5) is 20.0. The van der Waals surface area contributed by atoms with Crippen LogP contribution in [0.25, 0.3) is 16.6 Å². The number of fused-ring (bicyclic) bond motifs is 1. The van der Waals surface area contributed by atoms with E-state index in [1.807, 2.05) is 0 Å². The SMILES string of the molecule is CCOc1cn(-c2ccc(F)cc2Cl)nc1C(=O)Nc1ccc(Oc2ccnc3cc(OCCCN4CCOCC4)c(OC)cc23)c(F)c1. The van der Waals surface area contributed by atoms with Crippen molar-refractivity contribution in [1.82, 2.24) is 19.7 Å². The van der Waals surface area contributed by atoms with E-state index in [1.165, 1.54) is 35.1 Å². The van der Waals surface area contributed by atoms with Crippen LogP contribution in [0.1, 0.15) is 23.8 Å². The minimum absolute atomic E-state index is 0.0689. The number of amides is 1. The molecule has 2 aromatic heterocycles. The highest BCUT2D eigenvalue weighted by molar-refractivity contribution is 6.32. The summed E-state index contributed by atoms with van der Waals surface area (Å²) in [6.07, 6.45) is 3.87. The molecule has 6 rings (SSSR count). The first-order valence-electron chi connectivity index (χ1n) is 15.7. The van der Waals surface area contributed by atoms with Gasteiger partial charge >= 0.3 is 0 Å². The molecule has 0 saturated carbocycles. The van der Waals surface area contributed by atoms with Crippen LogP contribution in [-0.4, -0.2) is 78.7 Å². The molecule has 1 saturated heterocycles. The van der Waals surface area contributed by atoms with Gasteiger partial charge in [-0.2, -0.15) is 5.10 Å². The Morgan fingerprint density at radius 2 is 1.82 bits per heavy atom. The number of morpholine rings is 1. The first kappa shape index (κ1) is 33.9. The lowest BCUT2D eigenvalue weighted by atomic mass is 10.1. The van der Waals surface area contributed by atoms with Gasteiger partial charge in [0.15, 0.2) is 34.5 Å². The first-order valence-corrected chi connectivity index (χ1v) is 16.1. The molecule has 256 valence electrons. The molecule has 0 atom stereocenters. The molecule has 11 nitrogen and oxygen atoms in total. The maximum absolute atomic E-state index is 15.4. The zero-order valence-corrected chi connectivity index (χ0v) is 27.6. The molecule has 1 aliphatic heterocycles. The number of aromatic nitrogens is 3. The number of hydrogen-bond acceptors (Lipinski definition) is 9. The minimum Gasteiger partial charge on any atom is -0.493 e. The van der Waals surface area contributed by atoms with E-state index in [9.17, 15) is 9.18 Å². The Hall–Kier alpha value is -4.98. The molecule has 5 aromatic rings. The van der Waals surface area contributed by atoms with Gasteiger partial charge in [0.25, 0.3) is 5.91 Å². The van der Waals surface area contributed by atoms with Crippen LogP contribution in [-0.2, 0) is 4.74 Å². The highest BCUT2D eigenvalue weighted by atomic mass is 35.5. The van der Waals surface area contributed by atoms with Crippen LogP contribution in [0.3, 0.4) is 0 Å². The number of methoxy groups -OCH3 is 1. The monoisotopic (exact) mass is 693 g/mol. The van der Waals surface area contributed by atoms with Crippen LogP contribution in [0, 0.1) is 11.6 Å². The van der Waals surface area contributed by atoms with Gasteiger partial charge in [0.05, 0.1) is 56.0 Å². The van der Waals surface area contributed by atoms with E-state index in [1.54, 1.807) is 38.4 Å². The summed E-state index contributed by atoms with van der Waals surface area (Å²) in [7, 11) is 1.55. The fourth-order valence-corrected chi connectivity index (χ4v) is 5.58. The van der Waals surface area contributed by atoms with Crippen molar-refractivity contribution in [3.8, 4) is 34.4 Å². The highest BCUT2D eigenvalue weighted by Crippen LogP contribution is 2.38. The predicted molar refractivity (Wildman–Crippen MR) is 180 cm³/mol. The second-order valence-corrected chi connectivity index (χ2v) is 11.4. The Balaban J connectivity index is 1.15. The summed E-state index contributed by atoms with van der Waals surface area (Å²) in [6.45, 7) is 6.75. The number of halogens is 3. The molecule has 1 N–H and O–H groups in total. The van der Waals surface area contributed by atoms with Gasteiger partial charge in [0, 0.05) is 49.0 Å². The Morgan fingerprint density at radius 1 is 0.980 bits per heavy atom. The molecule has 49 heavy (non-hydrogen) atoms. The van der Waals surface area contributed by atoms with Gasteiger partial charge in [-0.25, -0.2) is 13.5 Å². The zero-order valence-electron chi connectivity index (χ0n) is 26.9. The lowest BCUT2D eigenvalue weighted by Gasteiger charge is -2.26. The number of ether oxygens (including phenoxy) is 5. The van der Waals surface area contributed by atoms with Gasteiger partial charge in [0.2, 0.25) is 0 Å². The topological polar surface area (TPSA) is 109 Å². The van der Waals surface area contributed by atoms with Gasteiger partial charge in [-0.15, -0.1) is 0 Å². The molecule has 0 aliphatic carbocycles. The van der Waals surface area contributed by atoms with Crippen molar-refractivity contribution in [2.24, 2.45) is 0 Å². The van der Waals surface area contributed by atoms with Crippen molar-refractivity contribution in [3.63, 3.8) is 0 Å². The maximum Gasteiger partial charge on any atom is 0.280 e. The molecule has 0 radical (unpaired) electrons. The zero-order chi connectivity index (χ0) is 34.3. The molecule has 3 aromatic carbocycles. The number of nitrogens with zero attached hydrogens (tertiary/aromatic N) is 4. The highest BCUT2D eigenvalue weighted by Gasteiger charge is 2.21. The fraction of sp³-hybridized carbons (Fsp3) is 0.286. The smallest absolute Gasteiger partial charge is 0.280 e. The van der Waals surface area contributed by atoms with Crippen molar-refractivity contribution < 1.29 is 37.3 Å². The number of nitrogens with one attached hydrogen (secondary N) is 1. The Morgan fingerprint density at radius 3 is 2.57 bits per heavy atom. The Kier molecular flexibility index (Phi) is 10.7. The van der Waals surface area contributed by atoms with Crippen LogP contribution in [0.5, 0.6) is 28.7 Å². The Labute approximate surface area is 286 Å². The van der Waals surface area contributed by atoms with Gasteiger partial charge < -0.3 is 29.0 Å². The van der Waals surface area contributed by atoms with E-state index in [-0.39, 0.29) is 34.5 Å². The fourth-order valence-electron chi connectivity index (χ4n) is 5.32. The molecule has 1 aliphatic rings. The van der Waals surface area contributed by atoms with Crippen LogP contribution in [0.2, 0.25) is 5.02 Å². The number of carbonyl (C=O) groups excluding carboxylic acids is 1. The lowest BCUT2D eigenvalue weighted by molar-refractivity contribution is 0.0357. The largest absolute Gasteiger partial charge is 0.493 e. The standard InChI is InChI=1S/C35H34ClF2N5O6/c1-3-47-33-21-43(28-7-5-22(37)17-25(28)36)41-34(33)35(44)40-23-6-8-30(26(38)18-23)49-29-9-10-39-27-20-32(31(45-2)19-24(27)29)48-14-4-11-42-12-15-46-16-13-42/h5-10,17-21H,3-4,11-16H2,1-2H3,(H,40,44). The van der Waals surface area contributed by atoms with Crippen molar-refractivity contribution in [1.29, 1.82) is 0 Å². The van der Waals surface area contributed by atoms with Crippen LogP contribution in [0.15, 0.2) is 67.0 Å². The summed E-state index contributed by atoms with van der Waals surface area (Å²) in [6, 6.07) is 13.0. The quantitative estimate of drug-likeness (QED) is 0.132. The van der Waals surface area contributed by atoms with E-state index in [2.05, 4.69) is 20.3 Å². The molecule has 14 heteroatoms. The molecule has 0 unspecified atom stereocenters. The van der Waals surface area contributed by atoms with Gasteiger partial charge in [-0.3, -0.25) is 14.7 Å². The molecule has 1 fully saturated rings. The minimum atomic E-state index is -0.719. The predicted octanol–water partition coefficient (Wildman–Crippen LogP) is 6.91. The molecule has 3 heterocycles. The molecular formula is C35H34ClF2N5O6. The third-order valence-electron chi connectivity index (χ3n) is 7.73. The van der Waals surface area contributed by atoms with E-state index >= 15 is 4.39 Å². The van der Waals surface area contributed by atoms with E-state index in [0.717, 1.165) is 51.4 Å². The lowest BCUT2D eigenvalue weighted by Crippen LogP contribution is -2.37. The number of anilines is 1. The van der Waals surface area contributed by atoms with E-state index in [0.29, 0.717) is 40.4 Å². The second kappa shape index (κ2) is 15.5. The van der Waals surface area contributed by atoms with Crippen LogP contribution in [0.4, 0.5) is 14.5 Å². The first-order chi connectivity index (χ1) is 23.8. The van der Waals surface area contributed by atoms with Crippen molar-refractivity contribution in [3.05, 3.63) is 89.3 Å². The number of hydrogen-bond donors (Lipinski definition) is 1. The normalized spacial score (nSPS) is 13.3. The molecule has 0 spiro atoms. The van der Waals surface area contributed by atoms with Gasteiger partial charge in [-0.1, -0.05) is 11.6 Å². The summed E-state index contributed by atoms with van der Waals surface area (Å²) in [5, 5.41) is 7.62. The number of carbonyl (C=O) groups is 1.